The molecule has 0 aliphatic carbocycles. The zero-order chi connectivity index (χ0) is 18.9. The number of urea groups is 1. The number of ketones is 1. The number of hydrogen-bond acceptors (Lipinski definition) is 5. The number of aliphatic carboxylic acids is 3. The largest absolute Gasteiger partial charge is 0.481 e. The number of carbonyl (C=O) groups excluding carboxylic acids is 2. The molecule has 0 saturated carbocycles. The fourth-order valence-electron chi connectivity index (χ4n) is 1.72. The fraction of sp³-hybridized carbons (Fsp3) is 0.643. The van der Waals surface area contributed by atoms with Crippen molar-refractivity contribution in [1.29, 1.82) is 0 Å². The molecule has 0 aliphatic heterocycles. The summed E-state index contributed by atoms with van der Waals surface area (Å²) >= 11 is 0. The van der Waals surface area contributed by atoms with Crippen LogP contribution in [-0.2, 0) is 19.2 Å². The van der Waals surface area contributed by atoms with Crippen LogP contribution >= 0.6 is 0 Å². The van der Waals surface area contributed by atoms with Gasteiger partial charge in [0, 0.05) is 18.8 Å². The Morgan fingerprint density at radius 1 is 0.792 bits per heavy atom. The van der Waals surface area contributed by atoms with Gasteiger partial charge in [0.25, 0.3) is 0 Å². The molecule has 0 heterocycles. The number of Topliss-reactive ketones (excluding diaryl/α,β-unsaturated/α-hetero) is 1. The number of amides is 2. The van der Waals surface area contributed by atoms with Gasteiger partial charge in [0.1, 0.15) is 17.9 Å². The van der Waals surface area contributed by atoms with Crippen LogP contribution in [0.4, 0.5) is 4.79 Å². The molecular formula is C14H22N2O8. The van der Waals surface area contributed by atoms with Crippen molar-refractivity contribution >= 4 is 29.7 Å². The van der Waals surface area contributed by atoms with Crippen LogP contribution in [0.3, 0.4) is 0 Å². The predicted octanol–water partition coefficient (Wildman–Crippen LogP) is 0.0621. The lowest BCUT2D eigenvalue weighted by molar-refractivity contribution is -0.141. The molecule has 136 valence electrons. The van der Waals surface area contributed by atoms with Gasteiger partial charge < -0.3 is 26.0 Å². The number of rotatable bonds is 11. The maximum Gasteiger partial charge on any atom is 0.326 e. The summed E-state index contributed by atoms with van der Waals surface area (Å²) in [6, 6.07) is -3.88. The summed E-state index contributed by atoms with van der Waals surface area (Å²) in [5, 5.41) is 30.6. The Labute approximate surface area is 138 Å². The molecule has 24 heavy (non-hydrogen) atoms. The van der Waals surface area contributed by atoms with Crippen LogP contribution in [0.1, 0.15) is 39.5 Å². The van der Waals surface area contributed by atoms with E-state index in [1.807, 2.05) is 5.32 Å². The van der Waals surface area contributed by atoms with Crippen LogP contribution < -0.4 is 10.6 Å². The van der Waals surface area contributed by atoms with Gasteiger partial charge in [-0.05, 0) is 12.8 Å². The van der Waals surface area contributed by atoms with Crippen LogP contribution in [0.15, 0.2) is 0 Å². The minimum atomic E-state index is -1.46. The Hall–Kier alpha value is -2.65. The summed E-state index contributed by atoms with van der Waals surface area (Å²) in [4.78, 5) is 55.7. The molecule has 0 aliphatic rings. The molecule has 0 aromatic heterocycles. The number of carboxylic acid groups (broad SMARTS) is 3. The van der Waals surface area contributed by atoms with Crippen LogP contribution in [0.2, 0.25) is 0 Å². The van der Waals surface area contributed by atoms with Gasteiger partial charge in [-0.15, -0.1) is 0 Å². The molecular weight excluding hydrogens is 324 g/mol. The molecule has 0 saturated heterocycles. The molecule has 0 fully saturated rings. The molecule has 0 aromatic carbocycles. The standard InChI is InChI=1S/C14H22N2O8/c1-7(2)10(17)5-3-8(12(20)21)15-14(24)16-9(13(22)23)4-6-11(18)19/h7-9H,3-6H2,1-2H3,(H,18,19)(H,20,21)(H,22,23)(H2,15,16,24)/t8-,9-/m0/s1. The molecule has 0 unspecified atom stereocenters. The third-order valence-corrected chi connectivity index (χ3v) is 3.18. The zero-order valence-electron chi connectivity index (χ0n) is 13.4. The van der Waals surface area contributed by atoms with Gasteiger partial charge in [-0.2, -0.15) is 0 Å². The number of nitrogens with one attached hydrogen (secondary N) is 2. The first-order valence-electron chi connectivity index (χ1n) is 7.31. The Bertz CT molecular complexity index is 503. The van der Waals surface area contributed by atoms with Crippen molar-refractivity contribution in [2.75, 3.05) is 0 Å². The molecule has 2 atom stereocenters. The third kappa shape index (κ3) is 8.71. The smallest absolute Gasteiger partial charge is 0.326 e. The van der Waals surface area contributed by atoms with Gasteiger partial charge in [0.15, 0.2) is 0 Å². The van der Waals surface area contributed by atoms with Crippen molar-refractivity contribution in [3.63, 3.8) is 0 Å². The molecule has 5 N–H and O–H groups in total. The minimum Gasteiger partial charge on any atom is -0.481 e. The van der Waals surface area contributed by atoms with Crippen LogP contribution in [-0.4, -0.2) is 57.1 Å². The van der Waals surface area contributed by atoms with E-state index in [0.29, 0.717) is 0 Å². The summed E-state index contributed by atoms with van der Waals surface area (Å²) in [7, 11) is 0. The van der Waals surface area contributed by atoms with E-state index < -0.39 is 42.4 Å². The molecule has 0 rings (SSSR count). The van der Waals surface area contributed by atoms with Gasteiger partial charge >= 0.3 is 23.9 Å². The van der Waals surface area contributed by atoms with Crippen molar-refractivity contribution < 1.29 is 39.3 Å². The Morgan fingerprint density at radius 2 is 1.21 bits per heavy atom. The molecule has 0 bridgehead atoms. The van der Waals surface area contributed by atoms with Crippen LogP contribution in [0.25, 0.3) is 0 Å². The van der Waals surface area contributed by atoms with Gasteiger partial charge in [-0.3, -0.25) is 9.59 Å². The molecule has 0 radical (unpaired) electrons. The van der Waals surface area contributed by atoms with Gasteiger partial charge in [-0.1, -0.05) is 13.8 Å². The topological polar surface area (TPSA) is 170 Å². The highest BCUT2D eigenvalue weighted by molar-refractivity contribution is 5.87. The highest BCUT2D eigenvalue weighted by atomic mass is 16.4. The highest BCUT2D eigenvalue weighted by Crippen LogP contribution is 2.06. The van der Waals surface area contributed by atoms with E-state index >= 15 is 0 Å². The van der Waals surface area contributed by atoms with Gasteiger partial charge in [-0.25, -0.2) is 14.4 Å². The van der Waals surface area contributed by atoms with E-state index in [1.54, 1.807) is 13.8 Å². The first-order valence-corrected chi connectivity index (χ1v) is 7.31. The maximum atomic E-state index is 11.7. The SMILES string of the molecule is CC(C)C(=O)CC[C@H](NC(=O)N[C@@H](CCC(=O)O)C(=O)O)C(=O)O. The van der Waals surface area contributed by atoms with E-state index in [-0.39, 0.29) is 31.0 Å². The molecule has 2 amide bonds. The Kier molecular flexibility index (Phi) is 9.06. The van der Waals surface area contributed by atoms with E-state index in [4.69, 9.17) is 15.3 Å². The molecule has 0 aromatic rings. The first kappa shape index (κ1) is 21.4. The van der Waals surface area contributed by atoms with E-state index in [1.165, 1.54) is 0 Å². The second kappa shape index (κ2) is 10.2. The Balaban J connectivity index is 4.64. The van der Waals surface area contributed by atoms with E-state index in [0.717, 1.165) is 0 Å². The highest BCUT2D eigenvalue weighted by Gasteiger charge is 2.25. The summed E-state index contributed by atoms with van der Waals surface area (Å²) in [6.45, 7) is 3.33. The van der Waals surface area contributed by atoms with E-state index in [2.05, 4.69) is 5.32 Å². The first-order chi connectivity index (χ1) is 11.0. The normalized spacial score (nSPS) is 13.0. The van der Waals surface area contributed by atoms with Crippen LogP contribution in [0, 0.1) is 5.92 Å². The van der Waals surface area contributed by atoms with Crippen molar-refractivity contribution in [3.05, 3.63) is 0 Å². The van der Waals surface area contributed by atoms with Crippen molar-refractivity contribution in [3.8, 4) is 0 Å². The summed E-state index contributed by atoms with van der Waals surface area (Å²) in [5.74, 6) is -4.44. The summed E-state index contributed by atoms with van der Waals surface area (Å²) in [5.41, 5.74) is 0. The van der Waals surface area contributed by atoms with Gasteiger partial charge in [0.2, 0.25) is 0 Å². The monoisotopic (exact) mass is 346 g/mol. The molecule has 10 nitrogen and oxygen atoms in total. The quantitative estimate of drug-likeness (QED) is 0.349. The zero-order valence-corrected chi connectivity index (χ0v) is 13.4. The fourth-order valence-corrected chi connectivity index (χ4v) is 1.72. The number of carboxylic acids is 3. The maximum absolute atomic E-state index is 11.7. The Morgan fingerprint density at radius 3 is 1.54 bits per heavy atom. The summed E-state index contributed by atoms with van der Waals surface area (Å²) < 4.78 is 0. The van der Waals surface area contributed by atoms with Gasteiger partial charge in [0.05, 0.1) is 0 Å². The minimum absolute atomic E-state index is 0.0454. The average molecular weight is 346 g/mol. The van der Waals surface area contributed by atoms with Crippen molar-refractivity contribution in [2.45, 2.75) is 51.6 Å². The average Bonchev–Trinajstić information content (AvgIpc) is 2.46. The number of carbonyl (C=O) groups is 5. The lowest BCUT2D eigenvalue weighted by Gasteiger charge is -2.18. The van der Waals surface area contributed by atoms with Crippen molar-refractivity contribution in [2.24, 2.45) is 5.92 Å². The second-order valence-corrected chi connectivity index (χ2v) is 5.49. The van der Waals surface area contributed by atoms with E-state index in [9.17, 15) is 24.0 Å². The summed E-state index contributed by atoms with van der Waals surface area (Å²) in [6.07, 6.45) is -0.993. The lowest BCUT2D eigenvalue weighted by atomic mass is 10.0. The number of hydrogen-bond donors (Lipinski definition) is 5. The third-order valence-electron chi connectivity index (χ3n) is 3.18. The molecule has 10 heteroatoms. The van der Waals surface area contributed by atoms with Crippen LogP contribution in [0.5, 0.6) is 0 Å². The van der Waals surface area contributed by atoms with Crippen molar-refractivity contribution in [1.82, 2.24) is 10.6 Å². The predicted molar refractivity (Wildman–Crippen MR) is 80.5 cm³/mol. The second-order valence-electron chi connectivity index (χ2n) is 5.49. The molecule has 0 spiro atoms. The lowest BCUT2D eigenvalue weighted by Crippen LogP contribution is -2.51.